The zero-order chi connectivity index (χ0) is 7.40. The molecule has 1 radical (unpaired) electrons. The Hall–Kier alpha value is -0.120. The van der Waals surface area contributed by atoms with Crippen molar-refractivity contribution in [2.24, 2.45) is 0 Å². The van der Waals surface area contributed by atoms with Gasteiger partial charge in [0.25, 0.3) is 0 Å². The van der Waals surface area contributed by atoms with Crippen LogP contribution in [0.3, 0.4) is 0 Å². The van der Waals surface area contributed by atoms with Crippen molar-refractivity contribution in [1.29, 1.82) is 0 Å². The molecule has 3 heteroatoms. The van der Waals surface area contributed by atoms with Crippen LogP contribution in [-0.2, 0) is 0 Å². The van der Waals surface area contributed by atoms with Crippen molar-refractivity contribution in [3.8, 4) is 0 Å². The minimum Gasteiger partial charge on any atom is -0.287 e. The Labute approximate surface area is 62.6 Å². The standard InChI is InChI=1S/C7H16N3/c1-3-6(2)10-7-8-4-5-9-7/h6-8,10H,3-5H2,1-2H3. The zero-order valence-corrected chi connectivity index (χ0v) is 6.72. The van der Waals surface area contributed by atoms with Crippen LogP contribution in [0.5, 0.6) is 0 Å². The lowest BCUT2D eigenvalue weighted by Gasteiger charge is -2.16. The normalized spacial score (nSPS) is 23.4. The van der Waals surface area contributed by atoms with Crippen LogP contribution in [-0.4, -0.2) is 25.4 Å². The van der Waals surface area contributed by atoms with Crippen molar-refractivity contribution in [3.63, 3.8) is 0 Å². The highest BCUT2D eigenvalue weighted by molar-refractivity contribution is 4.72. The van der Waals surface area contributed by atoms with Gasteiger partial charge in [0.2, 0.25) is 0 Å². The molecule has 1 aliphatic rings. The van der Waals surface area contributed by atoms with E-state index < -0.39 is 0 Å². The van der Waals surface area contributed by atoms with Crippen molar-refractivity contribution in [2.45, 2.75) is 32.6 Å². The van der Waals surface area contributed by atoms with Crippen LogP contribution in [0.2, 0.25) is 0 Å². The minimum absolute atomic E-state index is 0.218. The summed E-state index contributed by atoms with van der Waals surface area (Å²) in [6.45, 7) is 6.32. The smallest absolute Gasteiger partial charge is 0.127 e. The molecule has 3 nitrogen and oxygen atoms in total. The summed E-state index contributed by atoms with van der Waals surface area (Å²) in [7, 11) is 0. The first-order valence-corrected chi connectivity index (χ1v) is 3.99. The molecule has 0 aromatic heterocycles. The van der Waals surface area contributed by atoms with Crippen LogP contribution in [0, 0.1) is 0 Å². The molecule has 0 amide bonds. The Morgan fingerprint density at radius 3 is 3.10 bits per heavy atom. The summed E-state index contributed by atoms with van der Waals surface area (Å²) in [6.07, 6.45) is 1.38. The van der Waals surface area contributed by atoms with Gasteiger partial charge in [0, 0.05) is 19.1 Å². The summed E-state index contributed by atoms with van der Waals surface area (Å²) in [5.41, 5.74) is 0. The Kier molecular flexibility index (Phi) is 3.12. The van der Waals surface area contributed by atoms with Gasteiger partial charge in [-0.15, -0.1) is 0 Å². The predicted molar refractivity (Wildman–Crippen MR) is 41.7 cm³/mol. The highest BCUT2D eigenvalue weighted by Crippen LogP contribution is 1.91. The summed E-state index contributed by atoms with van der Waals surface area (Å²) in [4.78, 5) is 0. The highest BCUT2D eigenvalue weighted by atomic mass is 15.3. The Morgan fingerprint density at radius 1 is 1.80 bits per heavy atom. The molecule has 0 aromatic rings. The van der Waals surface area contributed by atoms with Crippen LogP contribution < -0.4 is 16.0 Å². The number of rotatable bonds is 3. The Balaban J connectivity index is 2.11. The largest absolute Gasteiger partial charge is 0.287 e. The average molecular weight is 142 g/mol. The van der Waals surface area contributed by atoms with E-state index in [0.29, 0.717) is 6.04 Å². The predicted octanol–water partition coefficient (Wildman–Crippen LogP) is -0.134. The average Bonchev–Trinajstić information content (AvgIpc) is 2.40. The molecular formula is C7H16N3. The molecular weight excluding hydrogens is 126 g/mol. The minimum atomic E-state index is 0.218. The van der Waals surface area contributed by atoms with Gasteiger partial charge in [-0.05, 0) is 13.3 Å². The third-order valence-electron chi connectivity index (χ3n) is 1.82. The lowest BCUT2D eigenvalue weighted by atomic mass is 10.3. The highest BCUT2D eigenvalue weighted by Gasteiger charge is 2.14. The topological polar surface area (TPSA) is 38.2 Å². The number of hydrogen-bond acceptors (Lipinski definition) is 2. The molecule has 59 valence electrons. The van der Waals surface area contributed by atoms with Crippen molar-refractivity contribution in [2.75, 3.05) is 13.1 Å². The van der Waals surface area contributed by atoms with Crippen molar-refractivity contribution in [1.82, 2.24) is 16.0 Å². The van der Waals surface area contributed by atoms with E-state index in [4.69, 9.17) is 0 Å². The van der Waals surface area contributed by atoms with E-state index in [1.165, 1.54) is 0 Å². The second-order valence-corrected chi connectivity index (χ2v) is 2.74. The molecule has 0 saturated carbocycles. The summed E-state index contributed by atoms with van der Waals surface area (Å²) in [5.74, 6) is 0. The van der Waals surface area contributed by atoms with E-state index in [1.807, 2.05) is 0 Å². The molecule has 2 N–H and O–H groups in total. The summed E-state index contributed by atoms with van der Waals surface area (Å²) in [5, 5.41) is 10.9. The number of hydrogen-bond donors (Lipinski definition) is 2. The maximum Gasteiger partial charge on any atom is 0.127 e. The van der Waals surface area contributed by atoms with Gasteiger partial charge in [-0.2, -0.15) is 0 Å². The first kappa shape index (κ1) is 7.98. The van der Waals surface area contributed by atoms with E-state index in [2.05, 4.69) is 29.8 Å². The first-order chi connectivity index (χ1) is 4.83. The number of nitrogens with zero attached hydrogens (tertiary/aromatic N) is 1. The molecule has 0 aromatic carbocycles. The van der Waals surface area contributed by atoms with E-state index in [9.17, 15) is 0 Å². The van der Waals surface area contributed by atoms with Crippen LogP contribution in [0.15, 0.2) is 0 Å². The molecule has 0 aliphatic carbocycles. The Bertz CT molecular complexity index is 88.9. The van der Waals surface area contributed by atoms with Crippen LogP contribution in [0.1, 0.15) is 20.3 Å². The maximum atomic E-state index is 4.30. The van der Waals surface area contributed by atoms with Crippen molar-refractivity contribution in [3.05, 3.63) is 0 Å². The van der Waals surface area contributed by atoms with Gasteiger partial charge < -0.3 is 0 Å². The molecule has 1 fully saturated rings. The summed E-state index contributed by atoms with van der Waals surface area (Å²) in [6, 6.07) is 0.569. The zero-order valence-electron chi connectivity index (χ0n) is 6.72. The van der Waals surface area contributed by atoms with Gasteiger partial charge >= 0.3 is 0 Å². The van der Waals surface area contributed by atoms with Crippen LogP contribution >= 0.6 is 0 Å². The second-order valence-electron chi connectivity index (χ2n) is 2.74. The van der Waals surface area contributed by atoms with Gasteiger partial charge in [-0.1, -0.05) is 6.92 Å². The monoisotopic (exact) mass is 142 g/mol. The Morgan fingerprint density at radius 2 is 2.60 bits per heavy atom. The fourth-order valence-corrected chi connectivity index (χ4v) is 0.958. The third-order valence-corrected chi connectivity index (χ3v) is 1.82. The van der Waals surface area contributed by atoms with Gasteiger partial charge in [0.15, 0.2) is 0 Å². The van der Waals surface area contributed by atoms with Gasteiger partial charge in [0.05, 0.1) is 0 Å². The molecule has 2 unspecified atom stereocenters. The van der Waals surface area contributed by atoms with Crippen LogP contribution in [0.25, 0.3) is 0 Å². The fraction of sp³-hybridized carbons (Fsp3) is 1.00. The van der Waals surface area contributed by atoms with E-state index in [-0.39, 0.29) is 6.29 Å². The molecule has 10 heavy (non-hydrogen) atoms. The van der Waals surface area contributed by atoms with Crippen LogP contribution in [0.4, 0.5) is 0 Å². The van der Waals surface area contributed by atoms with Gasteiger partial charge in [-0.3, -0.25) is 10.6 Å². The molecule has 0 spiro atoms. The maximum absolute atomic E-state index is 4.30. The first-order valence-electron chi connectivity index (χ1n) is 3.99. The van der Waals surface area contributed by atoms with E-state index in [0.717, 1.165) is 19.5 Å². The van der Waals surface area contributed by atoms with Gasteiger partial charge in [0.1, 0.15) is 6.29 Å². The molecule has 1 heterocycles. The summed E-state index contributed by atoms with van der Waals surface area (Å²) >= 11 is 0. The van der Waals surface area contributed by atoms with E-state index >= 15 is 0 Å². The molecule has 0 bridgehead atoms. The van der Waals surface area contributed by atoms with Crippen molar-refractivity contribution >= 4 is 0 Å². The summed E-state index contributed by atoms with van der Waals surface area (Å²) < 4.78 is 0. The lowest BCUT2D eigenvalue weighted by molar-refractivity contribution is 0.382. The second kappa shape index (κ2) is 3.91. The molecule has 1 rings (SSSR count). The fourth-order valence-electron chi connectivity index (χ4n) is 0.958. The SMILES string of the molecule is CCC(C)NC1[N]CCN1. The molecule has 1 saturated heterocycles. The quantitative estimate of drug-likeness (QED) is 0.576. The molecule has 2 atom stereocenters. The van der Waals surface area contributed by atoms with E-state index in [1.54, 1.807) is 0 Å². The number of nitrogens with one attached hydrogen (secondary N) is 2. The van der Waals surface area contributed by atoms with Gasteiger partial charge in [-0.25, -0.2) is 5.32 Å². The molecule has 1 aliphatic heterocycles. The third kappa shape index (κ3) is 2.25. The van der Waals surface area contributed by atoms with Crippen molar-refractivity contribution < 1.29 is 0 Å². The lowest BCUT2D eigenvalue weighted by Crippen LogP contribution is -2.46.